The summed E-state index contributed by atoms with van der Waals surface area (Å²) in [4.78, 5) is 61.5. The summed E-state index contributed by atoms with van der Waals surface area (Å²) in [5.74, 6) is -4.19. The monoisotopic (exact) mass is 443 g/mol. The van der Waals surface area contributed by atoms with Gasteiger partial charge in [0.15, 0.2) is 0 Å². The molecule has 1 aliphatic rings. The summed E-state index contributed by atoms with van der Waals surface area (Å²) in [6.07, 6.45) is -0.893. The number of hydrogen-bond acceptors (Lipinski definition) is 7. The van der Waals surface area contributed by atoms with Gasteiger partial charge >= 0.3 is 5.97 Å². The molecule has 1 saturated heterocycles. The Kier molecular flexibility index (Phi) is 9.85. The number of nitrogens with two attached hydrogens (primary N) is 2. The molecule has 0 spiro atoms. The minimum absolute atomic E-state index is 0.184. The minimum atomic E-state index is -1.34. The molecule has 1 heterocycles. The Morgan fingerprint density at radius 2 is 1.74 bits per heavy atom. The van der Waals surface area contributed by atoms with Crippen LogP contribution in [0, 0.1) is 5.92 Å². The maximum Gasteiger partial charge on any atom is 0.326 e. The molecule has 4 amide bonds. The van der Waals surface area contributed by atoms with E-state index in [2.05, 4.69) is 10.6 Å². The van der Waals surface area contributed by atoms with E-state index in [1.807, 2.05) is 0 Å². The molecule has 12 heteroatoms. The average Bonchev–Trinajstić information content (AvgIpc) is 3.16. The molecule has 1 fully saturated rings. The van der Waals surface area contributed by atoms with E-state index in [1.54, 1.807) is 13.8 Å². The predicted octanol–water partition coefficient (Wildman–Crippen LogP) is -2.34. The number of aliphatic hydroxyl groups is 1. The molecule has 1 rings (SSSR count). The quantitative estimate of drug-likeness (QED) is 0.203. The van der Waals surface area contributed by atoms with Crippen molar-refractivity contribution >= 4 is 29.6 Å². The number of nitrogens with zero attached hydrogens (tertiary/aromatic N) is 1. The molecule has 0 saturated carbocycles. The first-order chi connectivity index (χ1) is 14.4. The highest BCUT2D eigenvalue weighted by molar-refractivity contribution is 5.95. The van der Waals surface area contributed by atoms with E-state index in [4.69, 9.17) is 11.5 Å². The first-order valence-electron chi connectivity index (χ1n) is 10.2. The Balaban J connectivity index is 2.92. The lowest BCUT2D eigenvalue weighted by Gasteiger charge is -2.31. The van der Waals surface area contributed by atoms with Crippen molar-refractivity contribution in [3.05, 3.63) is 0 Å². The number of rotatable bonds is 11. The lowest BCUT2D eigenvalue weighted by atomic mass is 10.0. The number of carboxylic acids is 1. The molecule has 0 aliphatic carbocycles. The number of carbonyl (C=O) groups is 5. The third kappa shape index (κ3) is 7.47. The zero-order chi connectivity index (χ0) is 23.9. The van der Waals surface area contributed by atoms with Gasteiger partial charge < -0.3 is 37.2 Å². The van der Waals surface area contributed by atoms with Crippen molar-refractivity contribution in [2.24, 2.45) is 17.4 Å². The first-order valence-corrected chi connectivity index (χ1v) is 10.2. The van der Waals surface area contributed by atoms with Crippen LogP contribution >= 0.6 is 0 Å². The summed E-state index contributed by atoms with van der Waals surface area (Å²) in [6, 6.07) is -4.50. The third-order valence-electron chi connectivity index (χ3n) is 5.20. The van der Waals surface area contributed by atoms with Crippen LogP contribution in [0.2, 0.25) is 0 Å². The Hall–Kier alpha value is -2.73. The molecule has 0 aromatic heterocycles. The van der Waals surface area contributed by atoms with Crippen LogP contribution in [-0.4, -0.2) is 81.5 Å². The second-order valence-corrected chi connectivity index (χ2v) is 8.09. The van der Waals surface area contributed by atoms with E-state index >= 15 is 0 Å². The van der Waals surface area contributed by atoms with Gasteiger partial charge in [-0.1, -0.05) is 13.8 Å². The van der Waals surface area contributed by atoms with Gasteiger partial charge in [-0.15, -0.1) is 0 Å². The molecule has 0 bridgehead atoms. The van der Waals surface area contributed by atoms with E-state index in [0.717, 1.165) is 0 Å². The van der Waals surface area contributed by atoms with E-state index in [0.29, 0.717) is 6.42 Å². The molecule has 176 valence electrons. The summed E-state index contributed by atoms with van der Waals surface area (Å²) in [6.45, 7) is 5.01. The SMILES string of the molecule is CC(C)C(N)C(=O)NC(C(=O)N1CCCC1C(=O)NC(CCC(N)=O)C(=O)O)C(C)O. The van der Waals surface area contributed by atoms with Gasteiger partial charge in [-0.2, -0.15) is 0 Å². The number of hydrogen-bond donors (Lipinski definition) is 6. The highest BCUT2D eigenvalue weighted by atomic mass is 16.4. The third-order valence-corrected chi connectivity index (χ3v) is 5.20. The number of primary amides is 1. The van der Waals surface area contributed by atoms with Gasteiger partial charge in [0.2, 0.25) is 23.6 Å². The topological polar surface area (TPSA) is 205 Å². The second kappa shape index (κ2) is 11.6. The molecule has 5 atom stereocenters. The van der Waals surface area contributed by atoms with Crippen LogP contribution in [0.5, 0.6) is 0 Å². The molecule has 0 radical (unpaired) electrons. The number of aliphatic hydroxyl groups excluding tert-OH is 1. The van der Waals surface area contributed by atoms with Crippen molar-refractivity contribution in [1.82, 2.24) is 15.5 Å². The number of aliphatic carboxylic acids is 1. The highest BCUT2D eigenvalue weighted by Gasteiger charge is 2.40. The van der Waals surface area contributed by atoms with Crippen LogP contribution < -0.4 is 22.1 Å². The fourth-order valence-electron chi connectivity index (χ4n) is 3.23. The van der Waals surface area contributed by atoms with E-state index in [-0.39, 0.29) is 31.7 Å². The number of amides is 4. The van der Waals surface area contributed by atoms with Crippen LogP contribution in [0.25, 0.3) is 0 Å². The molecule has 8 N–H and O–H groups in total. The number of carboxylic acid groups (broad SMARTS) is 1. The predicted molar refractivity (Wildman–Crippen MR) is 109 cm³/mol. The molecule has 31 heavy (non-hydrogen) atoms. The molecule has 12 nitrogen and oxygen atoms in total. The fraction of sp³-hybridized carbons (Fsp3) is 0.737. The van der Waals surface area contributed by atoms with Crippen LogP contribution in [0.4, 0.5) is 0 Å². The second-order valence-electron chi connectivity index (χ2n) is 8.09. The average molecular weight is 444 g/mol. The van der Waals surface area contributed by atoms with Crippen LogP contribution in [0.15, 0.2) is 0 Å². The normalized spacial score (nSPS) is 19.9. The van der Waals surface area contributed by atoms with E-state index in [1.165, 1.54) is 11.8 Å². The summed E-state index contributed by atoms with van der Waals surface area (Å²) >= 11 is 0. The summed E-state index contributed by atoms with van der Waals surface area (Å²) in [7, 11) is 0. The Bertz CT molecular complexity index is 697. The molecule has 0 aromatic rings. The maximum atomic E-state index is 13.0. The van der Waals surface area contributed by atoms with Crippen LogP contribution in [0.1, 0.15) is 46.5 Å². The lowest BCUT2D eigenvalue weighted by Crippen LogP contribution is -2.60. The van der Waals surface area contributed by atoms with Crippen molar-refractivity contribution in [2.45, 2.75) is 76.7 Å². The van der Waals surface area contributed by atoms with Crippen molar-refractivity contribution in [2.75, 3.05) is 6.54 Å². The van der Waals surface area contributed by atoms with Gasteiger partial charge in [0.25, 0.3) is 0 Å². The highest BCUT2D eigenvalue weighted by Crippen LogP contribution is 2.20. The number of likely N-dealkylation sites (tertiary alicyclic amines) is 1. The first kappa shape index (κ1) is 26.3. The van der Waals surface area contributed by atoms with Gasteiger partial charge in [0.1, 0.15) is 18.1 Å². The summed E-state index contributed by atoms with van der Waals surface area (Å²) in [5.41, 5.74) is 10.8. The molecular formula is C19H33N5O7. The molecule has 0 aromatic carbocycles. The lowest BCUT2D eigenvalue weighted by molar-refractivity contribution is -0.146. The Labute approximate surface area is 180 Å². The zero-order valence-electron chi connectivity index (χ0n) is 18.0. The standard InChI is InChI=1S/C19H33N5O7/c1-9(2)14(21)17(28)23-15(10(3)25)18(29)24-8-4-5-12(24)16(27)22-11(19(30)31)6-7-13(20)26/h9-12,14-15,25H,4-8,21H2,1-3H3,(H2,20,26)(H,22,27)(H,23,28)(H,30,31). The largest absolute Gasteiger partial charge is 0.480 e. The maximum absolute atomic E-state index is 13.0. The van der Waals surface area contributed by atoms with Crippen molar-refractivity contribution < 1.29 is 34.2 Å². The minimum Gasteiger partial charge on any atom is -0.480 e. The van der Waals surface area contributed by atoms with Crippen LogP contribution in [0.3, 0.4) is 0 Å². The molecular weight excluding hydrogens is 410 g/mol. The zero-order valence-corrected chi connectivity index (χ0v) is 18.0. The van der Waals surface area contributed by atoms with E-state index < -0.39 is 59.9 Å². The van der Waals surface area contributed by atoms with Crippen molar-refractivity contribution in [3.63, 3.8) is 0 Å². The number of nitrogens with one attached hydrogen (secondary N) is 2. The fourth-order valence-corrected chi connectivity index (χ4v) is 3.23. The summed E-state index contributed by atoms with van der Waals surface area (Å²) in [5, 5.41) is 24.1. The Morgan fingerprint density at radius 3 is 2.23 bits per heavy atom. The van der Waals surface area contributed by atoms with Crippen LogP contribution in [-0.2, 0) is 24.0 Å². The van der Waals surface area contributed by atoms with Gasteiger partial charge in [-0.25, -0.2) is 4.79 Å². The van der Waals surface area contributed by atoms with Gasteiger partial charge in [-0.3, -0.25) is 19.2 Å². The molecule has 1 aliphatic heterocycles. The van der Waals surface area contributed by atoms with Gasteiger partial charge in [0, 0.05) is 13.0 Å². The van der Waals surface area contributed by atoms with Crippen molar-refractivity contribution in [3.8, 4) is 0 Å². The smallest absolute Gasteiger partial charge is 0.326 e. The van der Waals surface area contributed by atoms with Crippen molar-refractivity contribution in [1.29, 1.82) is 0 Å². The van der Waals surface area contributed by atoms with Gasteiger partial charge in [0.05, 0.1) is 12.1 Å². The number of carbonyl (C=O) groups excluding carboxylic acids is 4. The van der Waals surface area contributed by atoms with Gasteiger partial charge in [-0.05, 0) is 32.1 Å². The molecule has 5 unspecified atom stereocenters. The summed E-state index contributed by atoms with van der Waals surface area (Å²) < 4.78 is 0. The van der Waals surface area contributed by atoms with E-state index in [9.17, 15) is 34.2 Å². The Morgan fingerprint density at radius 1 is 1.13 bits per heavy atom.